The number of nitrogen functional groups attached to an aromatic ring is 1. The van der Waals surface area contributed by atoms with Crippen molar-refractivity contribution in [3.63, 3.8) is 0 Å². The van der Waals surface area contributed by atoms with E-state index in [1.165, 1.54) is 27.8 Å². The van der Waals surface area contributed by atoms with E-state index in [4.69, 9.17) is 5.73 Å². The van der Waals surface area contributed by atoms with Gasteiger partial charge in [-0.05, 0) is 74.2 Å². The van der Waals surface area contributed by atoms with Crippen molar-refractivity contribution >= 4 is 5.69 Å². The van der Waals surface area contributed by atoms with Crippen LogP contribution in [0, 0.1) is 27.7 Å². The molecule has 1 heterocycles. The van der Waals surface area contributed by atoms with E-state index in [-0.39, 0.29) is 0 Å². The summed E-state index contributed by atoms with van der Waals surface area (Å²) in [5.41, 5.74) is 14.6. The van der Waals surface area contributed by atoms with E-state index >= 15 is 0 Å². The summed E-state index contributed by atoms with van der Waals surface area (Å²) < 4.78 is 1.78. The van der Waals surface area contributed by atoms with E-state index in [0.29, 0.717) is 0 Å². The van der Waals surface area contributed by atoms with Crippen LogP contribution in [0.3, 0.4) is 0 Å². The van der Waals surface area contributed by atoms with Crippen LogP contribution in [0.1, 0.15) is 22.3 Å². The number of rotatable bonds is 2. The molecule has 0 aliphatic rings. The Hall–Kier alpha value is -2.62. The third kappa shape index (κ3) is 2.37. The van der Waals surface area contributed by atoms with E-state index < -0.39 is 0 Å². The molecule has 0 saturated carbocycles. The van der Waals surface area contributed by atoms with E-state index in [1.807, 2.05) is 30.5 Å². The fraction of sp³-hybridized carbons (Fsp3) is 0.222. The van der Waals surface area contributed by atoms with Crippen LogP contribution in [0.5, 0.6) is 0 Å². The van der Waals surface area contributed by atoms with Crippen LogP contribution in [0.4, 0.5) is 5.69 Å². The number of aromatic nitrogens is 3. The van der Waals surface area contributed by atoms with Crippen molar-refractivity contribution in [2.75, 3.05) is 5.73 Å². The Bertz CT molecular complexity index is 803. The number of nitrogens with two attached hydrogens (primary N) is 1. The normalized spacial score (nSPS) is 10.9. The molecule has 0 radical (unpaired) electrons. The predicted molar refractivity (Wildman–Crippen MR) is 90.2 cm³/mol. The highest BCUT2D eigenvalue weighted by Gasteiger charge is 2.14. The fourth-order valence-electron chi connectivity index (χ4n) is 2.73. The van der Waals surface area contributed by atoms with Crippen LogP contribution in [-0.4, -0.2) is 15.0 Å². The minimum atomic E-state index is 0.741. The minimum Gasteiger partial charge on any atom is -0.399 e. The lowest BCUT2D eigenvalue weighted by Gasteiger charge is -2.12. The summed E-state index contributed by atoms with van der Waals surface area (Å²) >= 11 is 0. The van der Waals surface area contributed by atoms with E-state index in [9.17, 15) is 0 Å². The van der Waals surface area contributed by atoms with Gasteiger partial charge in [0, 0.05) is 11.3 Å². The zero-order chi connectivity index (χ0) is 15.9. The largest absolute Gasteiger partial charge is 0.399 e. The molecule has 2 aromatic carbocycles. The van der Waals surface area contributed by atoms with Gasteiger partial charge in [0.2, 0.25) is 0 Å². The highest BCUT2D eigenvalue weighted by atomic mass is 15.4. The Morgan fingerprint density at radius 3 is 2.09 bits per heavy atom. The van der Waals surface area contributed by atoms with E-state index in [2.05, 4.69) is 44.1 Å². The van der Waals surface area contributed by atoms with Crippen LogP contribution in [0.2, 0.25) is 0 Å². The molecule has 3 aromatic rings. The molecule has 0 aliphatic heterocycles. The van der Waals surface area contributed by atoms with Gasteiger partial charge in [0.25, 0.3) is 0 Å². The average molecular weight is 292 g/mol. The molecule has 0 fully saturated rings. The molecule has 2 N–H and O–H groups in total. The van der Waals surface area contributed by atoms with Crippen LogP contribution in [0.25, 0.3) is 16.9 Å². The summed E-state index contributed by atoms with van der Waals surface area (Å²) in [6, 6.07) is 9.83. The van der Waals surface area contributed by atoms with Gasteiger partial charge in [0.1, 0.15) is 5.69 Å². The molecular weight excluding hydrogens is 272 g/mol. The van der Waals surface area contributed by atoms with Gasteiger partial charge < -0.3 is 5.73 Å². The third-order valence-corrected chi connectivity index (χ3v) is 4.27. The highest BCUT2D eigenvalue weighted by Crippen LogP contribution is 2.30. The molecule has 4 heteroatoms. The molecular formula is C18H20N4. The second-order valence-electron chi connectivity index (χ2n) is 5.78. The van der Waals surface area contributed by atoms with Crippen molar-refractivity contribution in [2.45, 2.75) is 27.7 Å². The molecule has 3 rings (SSSR count). The zero-order valence-corrected chi connectivity index (χ0v) is 13.4. The Morgan fingerprint density at radius 1 is 0.909 bits per heavy atom. The average Bonchev–Trinajstić information content (AvgIpc) is 2.96. The summed E-state index contributed by atoms with van der Waals surface area (Å²) in [6.45, 7) is 8.55. The molecule has 0 bridgehead atoms. The smallest absolute Gasteiger partial charge is 0.114 e. The van der Waals surface area contributed by atoms with Gasteiger partial charge in [-0.25, -0.2) is 4.68 Å². The first-order valence-electron chi connectivity index (χ1n) is 7.33. The van der Waals surface area contributed by atoms with E-state index in [0.717, 1.165) is 17.1 Å². The van der Waals surface area contributed by atoms with Gasteiger partial charge in [0.05, 0.1) is 11.9 Å². The number of anilines is 1. The van der Waals surface area contributed by atoms with Crippen molar-refractivity contribution in [1.82, 2.24) is 15.0 Å². The Kier molecular flexibility index (Phi) is 3.45. The van der Waals surface area contributed by atoms with Gasteiger partial charge >= 0.3 is 0 Å². The number of hydrogen-bond acceptors (Lipinski definition) is 3. The van der Waals surface area contributed by atoms with Gasteiger partial charge in [-0.2, -0.15) is 0 Å². The second-order valence-corrected chi connectivity index (χ2v) is 5.78. The number of benzene rings is 2. The molecule has 112 valence electrons. The molecule has 0 unspecified atom stereocenters. The first kappa shape index (κ1) is 14.3. The SMILES string of the molecule is Cc1cc(C)c(C)c(-c2cn(-c3ccc(N)cc3)nn2)c1C. The maximum atomic E-state index is 5.73. The molecule has 4 nitrogen and oxygen atoms in total. The first-order chi connectivity index (χ1) is 10.5. The lowest BCUT2D eigenvalue weighted by molar-refractivity contribution is 0.804. The molecule has 0 spiro atoms. The highest BCUT2D eigenvalue weighted by molar-refractivity contribution is 5.70. The van der Waals surface area contributed by atoms with Gasteiger partial charge in [0.15, 0.2) is 0 Å². The van der Waals surface area contributed by atoms with Crippen LogP contribution >= 0.6 is 0 Å². The molecule has 0 aliphatic carbocycles. The summed E-state index contributed by atoms with van der Waals surface area (Å²) in [5, 5.41) is 8.63. The van der Waals surface area contributed by atoms with Gasteiger partial charge in [-0.15, -0.1) is 5.10 Å². The maximum absolute atomic E-state index is 5.73. The number of hydrogen-bond donors (Lipinski definition) is 1. The van der Waals surface area contributed by atoms with Crippen molar-refractivity contribution in [1.29, 1.82) is 0 Å². The summed E-state index contributed by atoms with van der Waals surface area (Å²) in [7, 11) is 0. The quantitative estimate of drug-likeness (QED) is 0.732. The lowest BCUT2D eigenvalue weighted by Crippen LogP contribution is -1.95. The number of aryl methyl sites for hydroxylation is 2. The van der Waals surface area contributed by atoms with Gasteiger partial charge in [-0.3, -0.25) is 0 Å². The summed E-state index contributed by atoms with van der Waals surface area (Å²) in [5.74, 6) is 0. The standard InChI is InChI=1S/C18H20N4/c1-11-9-12(2)14(4)18(13(11)3)17-10-22(21-20-17)16-7-5-15(19)6-8-16/h5-10H,19H2,1-4H3. The minimum absolute atomic E-state index is 0.741. The summed E-state index contributed by atoms with van der Waals surface area (Å²) in [4.78, 5) is 0. The maximum Gasteiger partial charge on any atom is 0.114 e. The fourth-order valence-corrected chi connectivity index (χ4v) is 2.73. The molecule has 0 atom stereocenters. The first-order valence-corrected chi connectivity index (χ1v) is 7.33. The van der Waals surface area contributed by atoms with Crippen LogP contribution in [0.15, 0.2) is 36.5 Å². The molecule has 0 saturated heterocycles. The van der Waals surface area contributed by atoms with Crippen LogP contribution in [-0.2, 0) is 0 Å². The Labute approximate surface area is 130 Å². The molecule has 22 heavy (non-hydrogen) atoms. The van der Waals surface area contributed by atoms with Crippen molar-refractivity contribution in [3.8, 4) is 16.9 Å². The van der Waals surface area contributed by atoms with Crippen molar-refractivity contribution in [3.05, 3.63) is 58.8 Å². The Balaban J connectivity index is 2.10. The molecule has 0 amide bonds. The lowest BCUT2D eigenvalue weighted by atomic mass is 9.93. The monoisotopic (exact) mass is 292 g/mol. The van der Waals surface area contributed by atoms with Gasteiger partial charge in [-0.1, -0.05) is 11.3 Å². The second kappa shape index (κ2) is 5.30. The molecule has 1 aromatic heterocycles. The number of nitrogens with zero attached hydrogens (tertiary/aromatic N) is 3. The predicted octanol–water partition coefficient (Wildman–Crippen LogP) is 3.75. The van der Waals surface area contributed by atoms with Crippen molar-refractivity contribution < 1.29 is 0 Å². The zero-order valence-electron chi connectivity index (χ0n) is 13.4. The van der Waals surface area contributed by atoms with E-state index in [1.54, 1.807) is 4.68 Å². The Morgan fingerprint density at radius 2 is 1.50 bits per heavy atom. The van der Waals surface area contributed by atoms with Crippen LogP contribution < -0.4 is 5.73 Å². The van der Waals surface area contributed by atoms with Crippen molar-refractivity contribution in [2.24, 2.45) is 0 Å². The third-order valence-electron chi connectivity index (χ3n) is 4.27. The topological polar surface area (TPSA) is 56.7 Å². The summed E-state index contributed by atoms with van der Waals surface area (Å²) in [6.07, 6.45) is 1.97.